The Labute approximate surface area is 150 Å². The van der Waals surface area contributed by atoms with Crippen molar-refractivity contribution in [1.82, 2.24) is 4.31 Å². The zero-order chi connectivity index (χ0) is 18.0. The molecule has 4 nitrogen and oxygen atoms in total. The van der Waals surface area contributed by atoms with Crippen LogP contribution >= 0.6 is 0 Å². The van der Waals surface area contributed by atoms with Crippen LogP contribution < -0.4 is 0 Å². The molecular weight excluding hydrogens is 332 g/mol. The molecule has 0 atom stereocenters. The first-order valence-electron chi connectivity index (χ1n) is 8.60. The zero-order valence-electron chi connectivity index (χ0n) is 15.0. The molecule has 0 spiro atoms. The Bertz CT molecular complexity index is 871. The second-order valence-corrected chi connectivity index (χ2v) is 8.61. The van der Waals surface area contributed by atoms with Crippen LogP contribution in [-0.2, 0) is 10.0 Å². The van der Waals surface area contributed by atoms with Gasteiger partial charge in [0.05, 0.1) is 10.6 Å². The summed E-state index contributed by atoms with van der Waals surface area (Å²) in [6.45, 7) is 7.48. The number of aliphatic imine (C=N–C) groups is 1. The Morgan fingerprint density at radius 2 is 1.52 bits per heavy atom. The molecule has 1 heterocycles. The van der Waals surface area contributed by atoms with Gasteiger partial charge in [-0.05, 0) is 74.6 Å². The normalized spacial score (nSPS) is 16.0. The molecule has 0 radical (unpaired) electrons. The second-order valence-electron chi connectivity index (χ2n) is 6.68. The number of rotatable bonds is 4. The first kappa shape index (κ1) is 17.8. The monoisotopic (exact) mass is 356 g/mol. The van der Waals surface area contributed by atoms with Crippen LogP contribution in [0, 0.1) is 20.8 Å². The van der Waals surface area contributed by atoms with Crippen molar-refractivity contribution in [2.45, 2.75) is 38.5 Å². The maximum absolute atomic E-state index is 12.5. The average Bonchev–Trinajstić information content (AvgIpc) is 3.09. The molecule has 132 valence electrons. The molecule has 3 rings (SSSR count). The van der Waals surface area contributed by atoms with Crippen molar-refractivity contribution in [3.05, 3.63) is 58.7 Å². The van der Waals surface area contributed by atoms with Gasteiger partial charge in [0.25, 0.3) is 0 Å². The highest BCUT2D eigenvalue weighted by atomic mass is 32.2. The number of aryl methyl sites for hydroxylation is 3. The number of nitrogens with zero attached hydrogens (tertiary/aromatic N) is 2. The minimum Gasteiger partial charge on any atom is -0.256 e. The van der Waals surface area contributed by atoms with Crippen LogP contribution in [0.1, 0.15) is 35.1 Å². The average molecular weight is 356 g/mol. The van der Waals surface area contributed by atoms with E-state index < -0.39 is 10.0 Å². The number of hydrogen-bond donors (Lipinski definition) is 0. The third kappa shape index (κ3) is 3.83. The fraction of sp³-hybridized carbons (Fsp3) is 0.350. The summed E-state index contributed by atoms with van der Waals surface area (Å²) in [5, 5.41) is 0. The first-order chi connectivity index (χ1) is 11.9. The van der Waals surface area contributed by atoms with Crippen molar-refractivity contribution >= 4 is 21.9 Å². The predicted molar refractivity (Wildman–Crippen MR) is 102 cm³/mol. The third-order valence-corrected chi connectivity index (χ3v) is 6.53. The summed E-state index contributed by atoms with van der Waals surface area (Å²) in [4.78, 5) is 4.86. The lowest BCUT2D eigenvalue weighted by Gasteiger charge is -2.15. The summed E-state index contributed by atoms with van der Waals surface area (Å²) in [6, 6.07) is 11.1. The maximum Gasteiger partial charge on any atom is 0.243 e. The third-order valence-electron chi connectivity index (χ3n) is 4.62. The van der Waals surface area contributed by atoms with Gasteiger partial charge in [0.2, 0.25) is 10.0 Å². The van der Waals surface area contributed by atoms with E-state index in [1.807, 2.05) is 6.21 Å². The minimum atomic E-state index is -3.36. The molecule has 2 aromatic carbocycles. The van der Waals surface area contributed by atoms with Crippen molar-refractivity contribution < 1.29 is 8.42 Å². The largest absolute Gasteiger partial charge is 0.256 e. The van der Waals surface area contributed by atoms with Crippen LogP contribution in [0.2, 0.25) is 0 Å². The van der Waals surface area contributed by atoms with E-state index in [0.29, 0.717) is 18.0 Å². The van der Waals surface area contributed by atoms with E-state index in [9.17, 15) is 8.42 Å². The number of sulfonamides is 1. The molecule has 2 aromatic rings. The van der Waals surface area contributed by atoms with Crippen LogP contribution in [0.15, 0.2) is 46.3 Å². The summed E-state index contributed by atoms with van der Waals surface area (Å²) >= 11 is 0. The summed E-state index contributed by atoms with van der Waals surface area (Å²) in [5.74, 6) is 0. The van der Waals surface area contributed by atoms with Gasteiger partial charge in [-0.15, -0.1) is 0 Å². The van der Waals surface area contributed by atoms with Crippen molar-refractivity contribution in [3.8, 4) is 0 Å². The fourth-order valence-electron chi connectivity index (χ4n) is 3.32. The van der Waals surface area contributed by atoms with Crippen LogP contribution in [0.3, 0.4) is 0 Å². The Morgan fingerprint density at radius 3 is 2.08 bits per heavy atom. The lowest BCUT2D eigenvalue weighted by Crippen LogP contribution is -2.27. The highest BCUT2D eigenvalue weighted by Crippen LogP contribution is 2.23. The highest BCUT2D eigenvalue weighted by molar-refractivity contribution is 7.89. The van der Waals surface area contributed by atoms with Crippen molar-refractivity contribution in [2.24, 2.45) is 4.99 Å². The van der Waals surface area contributed by atoms with E-state index in [4.69, 9.17) is 0 Å². The quantitative estimate of drug-likeness (QED) is 0.773. The van der Waals surface area contributed by atoms with Crippen LogP contribution in [0.4, 0.5) is 5.69 Å². The van der Waals surface area contributed by atoms with Crippen LogP contribution in [0.5, 0.6) is 0 Å². The van der Waals surface area contributed by atoms with Gasteiger partial charge in [-0.25, -0.2) is 8.42 Å². The van der Waals surface area contributed by atoms with Gasteiger partial charge >= 0.3 is 0 Å². The predicted octanol–water partition coefficient (Wildman–Crippen LogP) is 4.15. The van der Waals surface area contributed by atoms with Gasteiger partial charge in [0, 0.05) is 19.3 Å². The molecular formula is C20H24N2O2S. The highest BCUT2D eigenvalue weighted by Gasteiger charge is 2.26. The van der Waals surface area contributed by atoms with Crippen LogP contribution in [0.25, 0.3) is 0 Å². The summed E-state index contributed by atoms with van der Waals surface area (Å²) in [5.41, 5.74) is 5.48. The molecule has 0 aromatic heterocycles. The standard InChI is InChI=1S/C20H24N2O2S/c1-15-12-16(2)20(17(3)13-15)14-21-18-6-8-19(9-7-18)25(23,24)22-10-4-5-11-22/h6-9,12-14H,4-5,10-11H2,1-3H3. The topological polar surface area (TPSA) is 49.7 Å². The molecule has 0 saturated carbocycles. The minimum absolute atomic E-state index is 0.344. The van der Waals surface area contributed by atoms with E-state index in [1.165, 1.54) is 16.7 Å². The molecule has 0 amide bonds. The van der Waals surface area contributed by atoms with Gasteiger partial charge in [-0.1, -0.05) is 17.7 Å². The lowest BCUT2D eigenvalue weighted by molar-refractivity contribution is 0.477. The van der Waals surface area contributed by atoms with Gasteiger partial charge in [-0.2, -0.15) is 4.31 Å². The summed E-state index contributed by atoms with van der Waals surface area (Å²) in [7, 11) is -3.36. The van der Waals surface area contributed by atoms with Gasteiger partial charge in [0.1, 0.15) is 0 Å². The van der Waals surface area contributed by atoms with Gasteiger partial charge in [-0.3, -0.25) is 4.99 Å². The second kappa shape index (κ2) is 7.10. The molecule has 0 N–H and O–H groups in total. The maximum atomic E-state index is 12.5. The van der Waals surface area contributed by atoms with Crippen molar-refractivity contribution in [1.29, 1.82) is 0 Å². The smallest absolute Gasteiger partial charge is 0.243 e. The van der Waals surface area contributed by atoms with Crippen molar-refractivity contribution in [2.75, 3.05) is 13.1 Å². The molecule has 1 saturated heterocycles. The fourth-order valence-corrected chi connectivity index (χ4v) is 4.83. The molecule has 1 fully saturated rings. The zero-order valence-corrected chi connectivity index (χ0v) is 15.8. The van der Waals surface area contributed by atoms with E-state index in [0.717, 1.165) is 24.1 Å². The molecule has 0 unspecified atom stereocenters. The molecule has 1 aliphatic rings. The van der Waals surface area contributed by atoms with Gasteiger partial charge < -0.3 is 0 Å². The number of hydrogen-bond acceptors (Lipinski definition) is 3. The lowest BCUT2D eigenvalue weighted by atomic mass is 10.0. The Hall–Kier alpha value is -1.98. The van der Waals surface area contributed by atoms with Crippen molar-refractivity contribution in [3.63, 3.8) is 0 Å². The van der Waals surface area contributed by atoms with E-state index in [1.54, 1.807) is 28.6 Å². The molecule has 5 heteroatoms. The van der Waals surface area contributed by atoms with E-state index in [-0.39, 0.29) is 0 Å². The van der Waals surface area contributed by atoms with E-state index >= 15 is 0 Å². The van der Waals surface area contributed by atoms with E-state index in [2.05, 4.69) is 37.9 Å². The molecule has 1 aliphatic heterocycles. The Kier molecular flexibility index (Phi) is 5.06. The summed E-state index contributed by atoms with van der Waals surface area (Å²) < 4.78 is 26.6. The first-order valence-corrected chi connectivity index (χ1v) is 10.0. The van der Waals surface area contributed by atoms with Gasteiger partial charge in [0.15, 0.2) is 0 Å². The SMILES string of the molecule is Cc1cc(C)c(C=Nc2ccc(S(=O)(=O)N3CCCC3)cc2)c(C)c1. The molecule has 25 heavy (non-hydrogen) atoms. The number of benzene rings is 2. The Morgan fingerprint density at radius 1 is 0.960 bits per heavy atom. The Balaban J connectivity index is 1.82. The molecule has 0 aliphatic carbocycles. The summed E-state index contributed by atoms with van der Waals surface area (Å²) in [6.07, 6.45) is 3.74. The van der Waals surface area contributed by atoms with Crippen LogP contribution in [-0.4, -0.2) is 32.0 Å². The molecule has 0 bridgehead atoms.